The van der Waals surface area contributed by atoms with Crippen LogP contribution in [0.3, 0.4) is 0 Å². The third-order valence-corrected chi connectivity index (χ3v) is 6.76. The lowest BCUT2D eigenvalue weighted by Crippen LogP contribution is -2.41. The van der Waals surface area contributed by atoms with E-state index in [0.717, 1.165) is 28.4 Å². The van der Waals surface area contributed by atoms with Gasteiger partial charge in [-0.25, -0.2) is 0 Å². The fourth-order valence-corrected chi connectivity index (χ4v) is 4.93. The Morgan fingerprint density at radius 1 is 1.16 bits per heavy atom. The minimum Gasteiger partial charge on any atom is -0.497 e. The SMILES string of the molecule is COc1ccc([C@H]2Nn3c(C)ccc3S[C@H]2C(=O)Nc2ccc(Cl)c(C(F)(F)F)c2)cc1. The van der Waals surface area contributed by atoms with E-state index in [1.54, 1.807) is 19.2 Å². The Morgan fingerprint density at radius 2 is 1.88 bits per heavy atom. The number of methoxy groups -OCH3 is 1. The number of rotatable bonds is 4. The van der Waals surface area contributed by atoms with Gasteiger partial charge in [0.1, 0.15) is 11.0 Å². The largest absolute Gasteiger partial charge is 0.497 e. The Kier molecular flexibility index (Phi) is 6.05. The van der Waals surface area contributed by atoms with Crippen molar-refractivity contribution in [2.24, 2.45) is 0 Å². The molecule has 1 aromatic heterocycles. The summed E-state index contributed by atoms with van der Waals surface area (Å²) in [5.74, 6) is 0.251. The lowest BCUT2D eigenvalue weighted by Gasteiger charge is -2.34. The molecule has 32 heavy (non-hydrogen) atoms. The van der Waals surface area contributed by atoms with Crippen molar-refractivity contribution in [3.8, 4) is 5.75 Å². The van der Waals surface area contributed by atoms with E-state index in [0.29, 0.717) is 5.75 Å². The molecular formula is C22H19ClF3N3O2S. The molecule has 0 unspecified atom stereocenters. The number of ether oxygens (including phenoxy) is 1. The number of carbonyl (C=O) groups is 1. The number of thioether (sulfide) groups is 1. The molecule has 0 bridgehead atoms. The predicted octanol–water partition coefficient (Wildman–Crippen LogP) is 5.88. The van der Waals surface area contributed by atoms with Crippen LogP contribution in [0.4, 0.5) is 18.9 Å². The van der Waals surface area contributed by atoms with Crippen molar-refractivity contribution in [1.29, 1.82) is 0 Å². The number of amides is 1. The van der Waals surface area contributed by atoms with E-state index in [4.69, 9.17) is 16.3 Å². The molecule has 3 aromatic rings. The third kappa shape index (κ3) is 4.40. The van der Waals surface area contributed by atoms with Crippen molar-refractivity contribution in [1.82, 2.24) is 4.68 Å². The molecule has 2 N–H and O–H groups in total. The molecule has 2 heterocycles. The van der Waals surface area contributed by atoms with Gasteiger partial charge in [-0.3, -0.25) is 9.47 Å². The van der Waals surface area contributed by atoms with Gasteiger partial charge in [-0.2, -0.15) is 13.2 Å². The molecule has 0 radical (unpaired) electrons. The zero-order chi connectivity index (χ0) is 23.0. The molecule has 0 saturated carbocycles. The molecule has 0 fully saturated rings. The normalized spacial score (nSPS) is 17.9. The first-order valence-electron chi connectivity index (χ1n) is 9.60. The molecule has 168 valence electrons. The van der Waals surface area contributed by atoms with Gasteiger partial charge in [-0.1, -0.05) is 35.5 Å². The van der Waals surface area contributed by atoms with E-state index in [2.05, 4.69) is 10.7 Å². The van der Waals surface area contributed by atoms with Crippen LogP contribution in [0.2, 0.25) is 5.02 Å². The lowest BCUT2D eigenvalue weighted by atomic mass is 10.0. The Bertz CT molecular complexity index is 1150. The number of anilines is 1. The third-order valence-electron chi connectivity index (χ3n) is 5.13. The summed E-state index contributed by atoms with van der Waals surface area (Å²) in [4.78, 5) is 13.2. The molecule has 2 atom stereocenters. The van der Waals surface area contributed by atoms with Gasteiger partial charge in [-0.05, 0) is 55.0 Å². The number of nitrogens with zero attached hydrogens (tertiary/aromatic N) is 1. The second kappa shape index (κ2) is 8.63. The fraction of sp³-hybridized carbons (Fsp3) is 0.227. The van der Waals surface area contributed by atoms with Gasteiger partial charge in [0.15, 0.2) is 0 Å². The summed E-state index contributed by atoms with van der Waals surface area (Å²) in [7, 11) is 1.57. The van der Waals surface area contributed by atoms with E-state index in [1.807, 2.05) is 35.9 Å². The maximum absolute atomic E-state index is 13.2. The number of halogens is 4. The van der Waals surface area contributed by atoms with E-state index >= 15 is 0 Å². The zero-order valence-corrected chi connectivity index (χ0v) is 18.6. The number of alkyl halides is 3. The minimum atomic E-state index is -4.62. The van der Waals surface area contributed by atoms with Crippen molar-refractivity contribution in [2.75, 3.05) is 17.9 Å². The van der Waals surface area contributed by atoms with Crippen molar-refractivity contribution >= 4 is 35.0 Å². The van der Waals surface area contributed by atoms with Crippen molar-refractivity contribution in [3.63, 3.8) is 0 Å². The quantitative estimate of drug-likeness (QED) is 0.489. The van der Waals surface area contributed by atoms with Crippen LogP contribution in [0.5, 0.6) is 5.75 Å². The molecule has 4 rings (SSSR count). The smallest absolute Gasteiger partial charge is 0.417 e. The van der Waals surface area contributed by atoms with E-state index < -0.39 is 34.0 Å². The number of nitrogens with one attached hydrogen (secondary N) is 2. The maximum Gasteiger partial charge on any atom is 0.417 e. The van der Waals surface area contributed by atoms with Gasteiger partial charge in [0, 0.05) is 11.4 Å². The molecule has 5 nitrogen and oxygen atoms in total. The number of aromatic nitrogens is 1. The van der Waals surface area contributed by atoms with Gasteiger partial charge in [0.05, 0.1) is 28.8 Å². The van der Waals surface area contributed by atoms with Crippen LogP contribution >= 0.6 is 23.4 Å². The Labute approximate surface area is 191 Å². The molecule has 0 spiro atoms. The monoisotopic (exact) mass is 481 g/mol. The van der Waals surface area contributed by atoms with Crippen LogP contribution in [-0.4, -0.2) is 22.9 Å². The van der Waals surface area contributed by atoms with E-state index in [-0.39, 0.29) is 5.69 Å². The highest BCUT2D eigenvalue weighted by atomic mass is 35.5. The summed E-state index contributed by atoms with van der Waals surface area (Å²) in [5, 5.41) is 2.39. The van der Waals surface area contributed by atoms with Gasteiger partial charge < -0.3 is 15.5 Å². The van der Waals surface area contributed by atoms with Gasteiger partial charge in [0.25, 0.3) is 0 Å². The minimum absolute atomic E-state index is 0.0259. The summed E-state index contributed by atoms with van der Waals surface area (Å²) < 4.78 is 46.7. The first-order chi connectivity index (χ1) is 15.2. The number of benzene rings is 2. The first kappa shape index (κ1) is 22.4. The van der Waals surface area contributed by atoms with Gasteiger partial charge in [-0.15, -0.1) is 0 Å². The average Bonchev–Trinajstić information content (AvgIpc) is 3.13. The lowest BCUT2D eigenvalue weighted by molar-refractivity contribution is -0.137. The number of aryl methyl sites for hydroxylation is 1. The van der Waals surface area contributed by atoms with E-state index in [9.17, 15) is 18.0 Å². The van der Waals surface area contributed by atoms with Crippen LogP contribution in [0.25, 0.3) is 0 Å². The number of hydrogen-bond acceptors (Lipinski definition) is 4. The molecule has 0 aliphatic carbocycles. The highest BCUT2D eigenvalue weighted by Crippen LogP contribution is 2.40. The first-order valence-corrected chi connectivity index (χ1v) is 10.9. The summed E-state index contributed by atoms with van der Waals surface area (Å²) in [6.45, 7) is 1.94. The molecule has 1 aliphatic heterocycles. The standard InChI is InChI=1S/C22H19ClF3N3O2S/c1-12-3-10-18-29(12)28-19(13-4-7-15(31-2)8-5-13)20(32-18)21(30)27-14-6-9-17(23)16(11-14)22(24,25)26/h3-11,19-20,28H,1-2H3,(H,27,30)/t19-,20-/m1/s1. The van der Waals surface area contributed by atoms with Crippen LogP contribution in [0, 0.1) is 6.92 Å². The second-order valence-electron chi connectivity index (χ2n) is 7.25. The maximum atomic E-state index is 13.2. The topological polar surface area (TPSA) is 55.3 Å². The Balaban J connectivity index is 1.65. The summed E-state index contributed by atoms with van der Waals surface area (Å²) in [6, 6.07) is 14.0. The van der Waals surface area contributed by atoms with Crippen LogP contribution in [0.15, 0.2) is 59.6 Å². The molecular weight excluding hydrogens is 463 g/mol. The number of fused-ring (bicyclic) bond motifs is 1. The van der Waals surface area contributed by atoms with E-state index in [1.165, 1.54) is 17.8 Å². The Hall–Kier alpha value is -2.78. The Morgan fingerprint density at radius 3 is 2.53 bits per heavy atom. The van der Waals surface area contributed by atoms with Gasteiger partial charge >= 0.3 is 6.18 Å². The number of carbonyl (C=O) groups excluding carboxylic acids is 1. The second-order valence-corrected chi connectivity index (χ2v) is 8.82. The molecule has 2 aromatic carbocycles. The fourth-order valence-electron chi connectivity index (χ4n) is 3.48. The summed E-state index contributed by atoms with van der Waals surface area (Å²) in [5.41, 5.74) is 4.19. The molecule has 1 aliphatic rings. The average molecular weight is 482 g/mol. The summed E-state index contributed by atoms with van der Waals surface area (Å²) >= 11 is 7.03. The van der Waals surface area contributed by atoms with Gasteiger partial charge in [0.2, 0.25) is 5.91 Å². The molecule has 1 amide bonds. The van der Waals surface area contributed by atoms with Crippen LogP contribution in [0.1, 0.15) is 22.9 Å². The molecule has 10 heteroatoms. The van der Waals surface area contributed by atoms with Crippen molar-refractivity contribution < 1.29 is 22.7 Å². The van der Waals surface area contributed by atoms with Crippen molar-refractivity contribution in [2.45, 2.75) is 29.4 Å². The van der Waals surface area contributed by atoms with Crippen LogP contribution in [-0.2, 0) is 11.0 Å². The van der Waals surface area contributed by atoms with Crippen molar-refractivity contribution in [3.05, 3.63) is 76.4 Å². The zero-order valence-electron chi connectivity index (χ0n) is 17.0. The number of hydrogen-bond donors (Lipinski definition) is 2. The predicted molar refractivity (Wildman–Crippen MR) is 119 cm³/mol. The highest BCUT2D eigenvalue weighted by Gasteiger charge is 2.37. The highest BCUT2D eigenvalue weighted by molar-refractivity contribution is 8.00. The van der Waals surface area contributed by atoms with Crippen LogP contribution < -0.4 is 15.5 Å². The molecule has 0 saturated heterocycles. The summed E-state index contributed by atoms with van der Waals surface area (Å²) in [6.07, 6.45) is -4.62.